The molecule has 1 rings (SSSR count). The zero-order chi connectivity index (χ0) is 10.0. The van der Waals surface area contributed by atoms with Gasteiger partial charge >= 0.3 is 0 Å². The van der Waals surface area contributed by atoms with Crippen molar-refractivity contribution in [3.63, 3.8) is 0 Å². The number of methoxy groups -OCH3 is 1. The lowest BCUT2D eigenvalue weighted by Gasteiger charge is -2.25. The minimum Gasteiger partial charge on any atom is -0.380 e. The van der Waals surface area contributed by atoms with Crippen molar-refractivity contribution in [2.24, 2.45) is 0 Å². The third kappa shape index (κ3) is 2.06. The summed E-state index contributed by atoms with van der Waals surface area (Å²) in [5.74, 6) is 0. The van der Waals surface area contributed by atoms with Crippen LogP contribution in [0.2, 0.25) is 0 Å². The minimum atomic E-state index is -1.54. The van der Waals surface area contributed by atoms with Gasteiger partial charge in [0.1, 0.15) is 0 Å². The number of likely N-dealkylation sites (tertiary alicyclic amines) is 1. The van der Waals surface area contributed by atoms with Crippen LogP contribution < -0.4 is 0 Å². The molecule has 13 heavy (non-hydrogen) atoms. The van der Waals surface area contributed by atoms with Gasteiger partial charge in [0.2, 0.25) is 0 Å². The molecule has 0 aromatic heterocycles. The Hall–Kier alpha value is -0.480. The third-order valence-corrected chi connectivity index (χ3v) is 2.62. The summed E-state index contributed by atoms with van der Waals surface area (Å²) < 4.78 is 30.0. The molecule has 0 radical (unpaired) electrons. The van der Waals surface area contributed by atoms with Crippen molar-refractivity contribution in [3.8, 4) is 0 Å². The van der Waals surface area contributed by atoms with Crippen molar-refractivity contribution in [3.05, 3.63) is 11.7 Å². The van der Waals surface area contributed by atoms with Gasteiger partial charge in [0.25, 0.3) is 6.08 Å². The fourth-order valence-corrected chi connectivity index (χ4v) is 1.83. The monoisotopic (exact) mass is 191 g/mol. The predicted octanol–water partition coefficient (Wildman–Crippen LogP) is 1.88. The Morgan fingerprint density at radius 1 is 1.62 bits per heavy atom. The first-order valence-corrected chi connectivity index (χ1v) is 4.35. The van der Waals surface area contributed by atoms with E-state index in [9.17, 15) is 8.78 Å². The van der Waals surface area contributed by atoms with Gasteiger partial charge in [-0.25, -0.2) is 0 Å². The van der Waals surface area contributed by atoms with Crippen LogP contribution in [0.15, 0.2) is 11.7 Å². The van der Waals surface area contributed by atoms with Crippen molar-refractivity contribution in [2.45, 2.75) is 25.5 Å². The molecule has 1 aliphatic heterocycles. The van der Waals surface area contributed by atoms with Crippen LogP contribution in [0.4, 0.5) is 8.78 Å². The number of halogens is 2. The van der Waals surface area contributed by atoms with Gasteiger partial charge in [0.05, 0.1) is 12.1 Å². The smallest absolute Gasteiger partial charge is 0.271 e. The van der Waals surface area contributed by atoms with Crippen LogP contribution in [-0.4, -0.2) is 37.7 Å². The molecule has 0 amide bonds. The van der Waals surface area contributed by atoms with E-state index in [1.165, 1.54) is 0 Å². The molecule has 4 heteroatoms. The molecular weight excluding hydrogens is 176 g/mol. The molecule has 2 atom stereocenters. The van der Waals surface area contributed by atoms with Gasteiger partial charge < -0.3 is 4.74 Å². The van der Waals surface area contributed by atoms with E-state index in [4.69, 9.17) is 4.74 Å². The maximum atomic E-state index is 12.5. The predicted molar refractivity (Wildman–Crippen MR) is 46.7 cm³/mol. The van der Waals surface area contributed by atoms with Crippen LogP contribution in [0, 0.1) is 0 Å². The van der Waals surface area contributed by atoms with Crippen LogP contribution in [0.3, 0.4) is 0 Å². The van der Waals surface area contributed by atoms with Gasteiger partial charge in [0.15, 0.2) is 0 Å². The zero-order valence-electron chi connectivity index (χ0n) is 8.18. The lowest BCUT2D eigenvalue weighted by Crippen LogP contribution is -2.36. The van der Waals surface area contributed by atoms with Crippen LogP contribution in [0.1, 0.15) is 13.3 Å². The van der Waals surface area contributed by atoms with Crippen molar-refractivity contribution in [1.82, 2.24) is 4.90 Å². The van der Waals surface area contributed by atoms with Crippen molar-refractivity contribution in [2.75, 3.05) is 20.7 Å². The molecule has 76 valence electrons. The van der Waals surface area contributed by atoms with Crippen LogP contribution in [-0.2, 0) is 4.74 Å². The highest BCUT2D eigenvalue weighted by Crippen LogP contribution is 2.29. The lowest BCUT2D eigenvalue weighted by atomic mass is 10.1. The molecular formula is C9H15F2NO. The van der Waals surface area contributed by atoms with Crippen molar-refractivity contribution >= 4 is 0 Å². The lowest BCUT2D eigenvalue weighted by molar-refractivity contribution is 0.0629. The molecule has 1 heterocycles. The van der Waals surface area contributed by atoms with Crippen LogP contribution >= 0.6 is 0 Å². The van der Waals surface area contributed by atoms with Gasteiger partial charge in [-0.2, -0.15) is 8.78 Å². The number of nitrogens with zero attached hydrogens (tertiary/aromatic N) is 1. The Balaban J connectivity index is 2.84. The SMILES string of the molecule is CO[C@@H](C)C1C(=C(F)F)CCN1C. The van der Waals surface area contributed by atoms with Gasteiger partial charge in [-0.1, -0.05) is 0 Å². The van der Waals surface area contributed by atoms with Crippen molar-refractivity contribution < 1.29 is 13.5 Å². The van der Waals surface area contributed by atoms with Gasteiger partial charge in [-0.3, -0.25) is 4.90 Å². The summed E-state index contributed by atoms with van der Waals surface area (Å²) in [6.07, 6.45) is -1.26. The van der Waals surface area contributed by atoms with E-state index >= 15 is 0 Å². The average Bonchev–Trinajstić information content (AvgIpc) is 2.46. The van der Waals surface area contributed by atoms with E-state index in [0.717, 1.165) is 0 Å². The second-order valence-electron chi connectivity index (χ2n) is 3.40. The number of likely N-dealkylation sites (N-methyl/N-ethyl adjacent to an activating group) is 1. The Labute approximate surface area is 77.2 Å². The van der Waals surface area contributed by atoms with E-state index in [0.29, 0.717) is 13.0 Å². The second-order valence-corrected chi connectivity index (χ2v) is 3.40. The molecule has 1 saturated heterocycles. The molecule has 1 fully saturated rings. The molecule has 0 aromatic carbocycles. The summed E-state index contributed by atoms with van der Waals surface area (Å²) in [6, 6.07) is -0.255. The molecule has 0 bridgehead atoms. The number of hydrogen-bond acceptors (Lipinski definition) is 2. The zero-order valence-corrected chi connectivity index (χ0v) is 8.18. The first-order valence-electron chi connectivity index (χ1n) is 4.35. The Morgan fingerprint density at radius 3 is 2.69 bits per heavy atom. The summed E-state index contributed by atoms with van der Waals surface area (Å²) in [5, 5.41) is 0. The summed E-state index contributed by atoms with van der Waals surface area (Å²) in [5.41, 5.74) is 0.233. The number of ether oxygens (including phenoxy) is 1. The Bertz CT molecular complexity index is 214. The minimum absolute atomic E-state index is 0.177. The highest BCUT2D eigenvalue weighted by atomic mass is 19.3. The molecule has 0 aromatic rings. The highest BCUT2D eigenvalue weighted by molar-refractivity contribution is 5.18. The van der Waals surface area contributed by atoms with Gasteiger partial charge in [-0.05, 0) is 20.4 Å². The first kappa shape index (κ1) is 10.6. The maximum absolute atomic E-state index is 12.5. The fourth-order valence-electron chi connectivity index (χ4n) is 1.83. The summed E-state index contributed by atoms with van der Waals surface area (Å²) >= 11 is 0. The fraction of sp³-hybridized carbons (Fsp3) is 0.778. The summed E-state index contributed by atoms with van der Waals surface area (Å²) in [7, 11) is 3.39. The van der Waals surface area contributed by atoms with E-state index < -0.39 is 6.08 Å². The largest absolute Gasteiger partial charge is 0.380 e. The van der Waals surface area contributed by atoms with E-state index in [2.05, 4.69) is 0 Å². The highest BCUT2D eigenvalue weighted by Gasteiger charge is 2.33. The molecule has 0 N–H and O–H groups in total. The van der Waals surface area contributed by atoms with Crippen LogP contribution in [0.25, 0.3) is 0 Å². The van der Waals surface area contributed by atoms with Crippen molar-refractivity contribution in [1.29, 1.82) is 0 Å². The van der Waals surface area contributed by atoms with E-state index in [1.54, 1.807) is 7.11 Å². The maximum Gasteiger partial charge on any atom is 0.271 e. The molecule has 0 aliphatic carbocycles. The van der Waals surface area contributed by atoms with Crippen LogP contribution in [0.5, 0.6) is 0 Å². The van der Waals surface area contributed by atoms with E-state index in [1.807, 2.05) is 18.9 Å². The first-order chi connectivity index (χ1) is 6.07. The molecule has 1 aliphatic rings. The average molecular weight is 191 g/mol. The molecule has 0 spiro atoms. The standard InChI is InChI=1S/C9H15F2NO/c1-6(13-3)8-7(9(10)11)4-5-12(8)2/h6,8H,4-5H2,1-3H3/t6-,8?/m0/s1. The third-order valence-electron chi connectivity index (χ3n) is 2.62. The normalized spacial score (nSPS) is 26.5. The second kappa shape index (κ2) is 4.15. The Kier molecular flexibility index (Phi) is 3.39. The number of hydrogen-bond donors (Lipinski definition) is 0. The summed E-state index contributed by atoms with van der Waals surface area (Å²) in [6.45, 7) is 2.50. The Morgan fingerprint density at radius 2 is 2.23 bits per heavy atom. The van der Waals surface area contributed by atoms with Gasteiger partial charge in [-0.15, -0.1) is 0 Å². The number of rotatable bonds is 2. The topological polar surface area (TPSA) is 12.5 Å². The summed E-state index contributed by atoms with van der Waals surface area (Å²) in [4.78, 5) is 1.91. The quantitative estimate of drug-likeness (QED) is 0.660. The molecule has 2 nitrogen and oxygen atoms in total. The molecule has 1 unspecified atom stereocenters. The van der Waals surface area contributed by atoms with Gasteiger partial charge in [0, 0.05) is 19.2 Å². The molecule has 0 saturated carbocycles. The van der Waals surface area contributed by atoms with E-state index in [-0.39, 0.29) is 17.7 Å².